The van der Waals surface area contributed by atoms with Gasteiger partial charge in [0.05, 0.1) is 6.61 Å². The lowest BCUT2D eigenvalue weighted by Gasteiger charge is -2.06. The number of rotatable bonds is 2. The summed E-state index contributed by atoms with van der Waals surface area (Å²) >= 11 is 11.4. The molecule has 0 aliphatic rings. The van der Waals surface area contributed by atoms with Crippen LogP contribution in [0.2, 0.25) is 10.0 Å². The first-order chi connectivity index (χ1) is 6.06. The number of hydrogen-bond acceptors (Lipinski definition) is 3. The fourth-order valence-corrected chi connectivity index (χ4v) is 1.55. The van der Waals surface area contributed by atoms with Gasteiger partial charge in [0.2, 0.25) is 0 Å². The van der Waals surface area contributed by atoms with Crippen molar-refractivity contribution >= 4 is 35.8 Å². The molecule has 1 aromatic rings. The minimum atomic E-state index is -1.61. The third-order valence-corrected chi connectivity index (χ3v) is 2.29. The van der Waals surface area contributed by atoms with Gasteiger partial charge in [-0.3, -0.25) is 0 Å². The lowest BCUT2D eigenvalue weighted by molar-refractivity contribution is 0.282. The highest BCUT2D eigenvalue weighted by Gasteiger charge is 2.15. The van der Waals surface area contributed by atoms with Crippen LogP contribution in [0.25, 0.3) is 0 Å². The molecule has 0 fully saturated rings. The van der Waals surface area contributed by atoms with Crippen LogP contribution in [0.5, 0.6) is 0 Å². The fraction of sp³-hybridized carbons (Fsp3) is 0.143. The first kappa shape index (κ1) is 10.8. The zero-order valence-electron chi connectivity index (χ0n) is 6.54. The molecular formula is C7H7BCl2O3. The van der Waals surface area contributed by atoms with Crippen molar-refractivity contribution < 1.29 is 15.2 Å². The second-order valence-electron chi connectivity index (χ2n) is 2.49. The van der Waals surface area contributed by atoms with E-state index in [-0.39, 0.29) is 22.1 Å². The quantitative estimate of drug-likeness (QED) is 0.623. The van der Waals surface area contributed by atoms with Crippen molar-refractivity contribution in [3.8, 4) is 0 Å². The van der Waals surface area contributed by atoms with E-state index in [1.54, 1.807) is 0 Å². The number of halogens is 2. The first-order valence-electron chi connectivity index (χ1n) is 3.51. The van der Waals surface area contributed by atoms with E-state index in [9.17, 15) is 0 Å². The maximum atomic E-state index is 8.83. The number of aliphatic hydroxyl groups excluding tert-OH is 1. The van der Waals surface area contributed by atoms with Gasteiger partial charge in [-0.2, -0.15) is 0 Å². The second-order valence-corrected chi connectivity index (χ2v) is 3.31. The van der Waals surface area contributed by atoms with E-state index in [1.165, 1.54) is 12.1 Å². The molecule has 3 N–H and O–H groups in total. The van der Waals surface area contributed by atoms with Crippen LogP contribution in [-0.4, -0.2) is 22.3 Å². The van der Waals surface area contributed by atoms with Crippen LogP contribution in [0.4, 0.5) is 0 Å². The van der Waals surface area contributed by atoms with Gasteiger partial charge in [-0.1, -0.05) is 23.2 Å². The van der Waals surface area contributed by atoms with Gasteiger partial charge in [-0.15, -0.1) is 0 Å². The summed E-state index contributed by atoms with van der Waals surface area (Å²) < 4.78 is 0. The average Bonchev–Trinajstić information content (AvgIpc) is 2.03. The Kier molecular flexibility index (Phi) is 3.59. The number of aliphatic hydroxyl groups is 1. The SMILES string of the molecule is OCc1c(Cl)cc(B(O)O)cc1Cl. The van der Waals surface area contributed by atoms with Crippen LogP contribution in [0.15, 0.2) is 12.1 Å². The predicted molar refractivity (Wildman–Crippen MR) is 52.2 cm³/mol. The molecule has 0 spiro atoms. The molecule has 0 aromatic heterocycles. The van der Waals surface area contributed by atoms with Crippen LogP contribution < -0.4 is 5.46 Å². The van der Waals surface area contributed by atoms with Gasteiger partial charge in [0.25, 0.3) is 0 Å². The molecule has 6 heteroatoms. The Morgan fingerprint density at radius 3 is 1.92 bits per heavy atom. The van der Waals surface area contributed by atoms with Gasteiger partial charge in [0.15, 0.2) is 0 Å². The second kappa shape index (κ2) is 4.31. The molecular weight excluding hydrogens is 214 g/mol. The largest absolute Gasteiger partial charge is 0.488 e. The fourth-order valence-electron chi connectivity index (χ4n) is 0.923. The average molecular weight is 221 g/mol. The van der Waals surface area contributed by atoms with Crippen molar-refractivity contribution in [2.24, 2.45) is 0 Å². The Balaban J connectivity index is 3.20. The van der Waals surface area contributed by atoms with E-state index in [0.717, 1.165) is 0 Å². The van der Waals surface area contributed by atoms with Crippen molar-refractivity contribution in [1.82, 2.24) is 0 Å². The molecule has 13 heavy (non-hydrogen) atoms. The maximum absolute atomic E-state index is 8.83. The van der Waals surface area contributed by atoms with Crippen molar-refractivity contribution in [3.05, 3.63) is 27.7 Å². The lowest BCUT2D eigenvalue weighted by atomic mass is 9.80. The molecule has 1 rings (SSSR count). The van der Waals surface area contributed by atoms with Crippen molar-refractivity contribution in [2.45, 2.75) is 6.61 Å². The lowest BCUT2D eigenvalue weighted by Crippen LogP contribution is -2.30. The molecule has 70 valence electrons. The Morgan fingerprint density at radius 2 is 1.62 bits per heavy atom. The molecule has 0 aliphatic carbocycles. The van der Waals surface area contributed by atoms with Crippen LogP contribution >= 0.6 is 23.2 Å². The third kappa shape index (κ3) is 2.36. The van der Waals surface area contributed by atoms with E-state index in [4.69, 9.17) is 38.4 Å². The van der Waals surface area contributed by atoms with Gasteiger partial charge >= 0.3 is 7.12 Å². The zero-order chi connectivity index (χ0) is 10.0. The summed E-state index contributed by atoms with van der Waals surface area (Å²) in [4.78, 5) is 0. The van der Waals surface area contributed by atoms with Crippen LogP contribution in [0, 0.1) is 0 Å². The summed E-state index contributed by atoms with van der Waals surface area (Å²) in [5.41, 5.74) is 0.583. The first-order valence-corrected chi connectivity index (χ1v) is 4.26. The standard InChI is InChI=1S/C7H7BCl2O3/c9-6-1-4(8(12)13)2-7(10)5(6)3-11/h1-2,11-13H,3H2. The summed E-state index contributed by atoms with van der Waals surface area (Å²) in [6.07, 6.45) is 0. The van der Waals surface area contributed by atoms with Gasteiger partial charge in [0, 0.05) is 15.6 Å². The molecule has 1 aromatic carbocycles. The monoisotopic (exact) mass is 220 g/mol. The topological polar surface area (TPSA) is 60.7 Å². The molecule has 0 amide bonds. The number of benzene rings is 1. The third-order valence-electron chi connectivity index (χ3n) is 1.62. The Hall–Kier alpha value is -0.255. The minimum absolute atomic E-state index is 0.201. The van der Waals surface area contributed by atoms with E-state index >= 15 is 0 Å². The van der Waals surface area contributed by atoms with Crippen molar-refractivity contribution in [2.75, 3.05) is 0 Å². The highest BCUT2D eigenvalue weighted by atomic mass is 35.5. The van der Waals surface area contributed by atoms with E-state index in [0.29, 0.717) is 5.56 Å². The molecule has 0 heterocycles. The predicted octanol–water partition coefficient (Wildman–Crippen LogP) is 0.166. The molecule has 3 nitrogen and oxygen atoms in total. The van der Waals surface area contributed by atoms with E-state index < -0.39 is 7.12 Å². The van der Waals surface area contributed by atoms with Gasteiger partial charge in [0.1, 0.15) is 0 Å². The van der Waals surface area contributed by atoms with E-state index in [2.05, 4.69) is 0 Å². The van der Waals surface area contributed by atoms with E-state index in [1.807, 2.05) is 0 Å². The molecule has 0 unspecified atom stereocenters. The maximum Gasteiger partial charge on any atom is 0.488 e. The van der Waals surface area contributed by atoms with Crippen molar-refractivity contribution in [1.29, 1.82) is 0 Å². The molecule has 0 saturated heterocycles. The Labute approximate surface area is 85.7 Å². The van der Waals surface area contributed by atoms with Crippen LogP contribution in [-0.2, 0) is 6.61 Å². The summed E-state index contributed by atoms with van der Waals surface area (Å²) in [6, 6.07) is 2.70. The molecule has 0 radical (unpaired) electrons. The Morgan fingerprint density at radius 1 is 1.15 bits per heavy atom. The van der Waals surface area contributed by atoms with Crippen molar-refractivity contribution in [3.63, 3.8) is 0 Å². The highest BCUT2D eigenvalue weighted by Crippen LogP contribution is 2.22. The van der Waals surface area contributed by atoms with Crippen LogP contribution in [0.3, 0.4) is 0 Å². The molecule has 0 aliphatic heterocycles. The van der Waals surface area contributed by atoms with Gasteiger partial charge < -0.3 is 15.2 Å². The summed E-state index contributed by atoms with van der Waals surface area (Å²) in [7, 11) is -1.61. The smallest absolute Gasteiger partial charge is 0.423 e. The summed E-state index contributed by atoms with van der Waals surface area (Å²) in [5, 5.41) is 26.9. The minimum Gasteiger partial charge on any atom is -0.423 e. The summed E-state index contributed by atoms with van der Waals surface area (Å²) in [5.74, 6) is 0. The molecule has 0 bridgehead atoms. The number of hydrogen-bond donors (Lipinski definition) is 3. The van der Waals surface area contributed by atoms with Gasteiger partial charge in [-0.05, 0) is 17.6 Å². The van der Waals surface area contributed by atoms with Gasteiger partial charge in [-0.25, -0.2) is 0 Å². The Bertz CT molecular complexity index is 294. The molecule has 0 saturated carbocycles. The zero-order valence-corrected chi connectivity index (χ0v) is 8.05. The normalized spacial score (nSPS) is 10.2. The highest BCUT2D eigenvalue weighted by molar-refractivity contribution is 6.59. The van der Waals surface area contributed by atoms with Crippen LogP contribution in [0.1, 0.15) is 5.56 Å². The summed E-state index contributed by atoms with van der Waals surface area (Å²) in [6.45, 7) is -0.278. The molecule has 0 atom stereocenters.